The van der Waals surface area contributed by atoms with E-state index in [-0.39, 0.29) is 11.6 Å². The van der Waals surface area contributed by atoms with Crippen LogP contribution in [0, 0.1) is 18.3 Å². The lowest BCUT2D eigenvalue weighted by Crippen LogP contribution is -2.30. The Bertz CT molecular complexity index is 967. The zero-order valence-electron chi connectivity index (χ0n) is 18.0. The van der Waals surface area contributed by atoms with E-state index in [9.17, 15) is 10.1 Å². The van der Waals surface area contributed by atoms with Gasteiger partial charge in [-0.1, -0.05) is 35.9 Å². The second kappa shape index (κ2) is 10.9. The van der Waals surface area contributed by atoms with E-state index in [0.29, 0.717) is 30.1 Å². The fraction of sp³-hybridized carbons (Fsp3) is 0.280. The molecule has 0 bridgehead atoms. The molecule has 1 amide bonds. The summed E-state index contributed by atoms with van der Waals surface area (Å²) in [4.78, 5) is 12.2. The summed E-state index contributed by atoms with van der Waals surface area (Å²) in [6.45, 7) is 9.95. The molecule has 5 heteroatoms. The third-order valence-corrected chi connectivity index (χ3v) is 4.34. The Morgan fingerprint density at radius 2 is 1.97 bits per heavy atom. The van der Waals surface area contributed by atoms with Crippen LogP contribution in [0.15, 0.2) is 54.6 Å². The summed E-state index contributed by atoms with van der Waals surface area (Å²) in [5, 5.41) is 12.1. The molecule has 0 aliphatic carbocycles. The van der Waals surface area contributed by atoms with E-state index in [1.165, 1.54) is 5.56 Å². The van der Waals surface area contributed by atoms with Crippen molar-refractivity contribution in [2.75, 3.05) is 7.11 Å². The number of nitrogens with zero attached hydrogens (tertiary/aromatic N) is 1. The van der Waals surface area contributed by atoms with Crippen molar-refractivity contribution in [3.63, 3.8) is 0 Å². The van der Waals surface area contributed by atoms with Crippen molar-refractivity contribution >= 4 is 12.0 Å². The first kappa shape index (κ1) is 22.8. The minimum absolute atomic E-state index is 0.0311. The maximum absolute atomic E-state index is 12.2. The van der Waals surface area contributed by atoms with Crippen LogP contribution in [0.25, 0.3) is 6.08 Å². The van der Waals surface area contributed by atoms with E-state index < -0.39 is 5.91 Å². The lowest BCUT2D eigenvalue weighted by atomic mass is 10.0. The van der Waals surface area contributed by atoms with Gasteiger partial charge in [0, 0.05) is 11.6 Å². The summed E-state index contributed by atoms with van der Waals surface area (Å²) in [6, 6.07) is 13.7. The first-order chi connectivity index (χ1) is 14.4. The van der Waals surface area contributed by atoms with Crippen molar-refractivity contribution < 1.29 is 14.3 Å². The van der Waals surface area contributed by atoms with Crippen LogP contribution in [-0.4, -0.2) is 19.1 Å². The number of carbonyl (C=O) groups excluding carboxylic acids is 1. The highest BCUT2D eigenvalue weighted by Gasteiger charge is 2.15. The fourth-order valence-electron chi connectivity index (χ4n) is 2.88. The molecule has 0 spiro atoms. The smallest absolute Gasteiger partial charge is 0.262 e. The zero-order chi connectivity index (χ0) is 22.1. The Kier molecular flexibility index (Phi) is 8.25. The standard InChI is InChI=1S/C25H28N2O3/c1-6-7-21-12-20(13-22(15-26)25(28)27-17(2)3)14-23(29-5)24(21)30-16-19-10-8-18(4)9-11-19/h6,8-14,17H,1,7,16H2,2-5H3,(H,27,28)/b22-13-. The van der Waals surface area contributed by atoms with Gasteiger partial charge in [-0.2, -0.15) is 5.26 Å². The largest absolute Gasteiger partial charge is 0.493 e. The van der Waals surface area contributed by atoms with E-state index in [1.54, 1.807) is 25.3 Å². The summed E-state index contributed by atoms with van der Waals surface area (Å²) in [7, 11) is 1.57. The minimum Gasteiger partial charge on any atom is -0.493 e. The summed E-state index contributed by atoms with van der Waals surface area (Å²) >= 11 is 0. The van der Waals surface area contributed by atoms with Crippen LogP contribution < -0.4 is 14.8 Å². The molecule has 0 fully saturated rings. The van der Waals surface area contributed by atoms with Gasteiger partial charge in [0.1, 0.15) is 18.2 Å². The number of carbonyl (C=O) groups is 1. The van der Waals surface area contributed by atoms with Crippen molar-refractivity contribution in [2.45, 2.75) is 39.8 Å². The van der Waals surface area contributed by atoms with Crippen LogP contribution in [-0.2, 0) is 17.8 Å². The van der Waals surface area contributed by atoms with Crippen LogP contribution in [0.3, 0.4) is 0 Å². The van der Waals surface area contributed by atoms with Gasteiger partial charge in [0.15, 0.2) is 11.5 Å². The lowest BCUT2D eigenvalue weighted by molar-refractivity contribution is -0.117. The van der Waals surface area contributed by atoms with E-state index in [1.807, 2.05) is 57.2 Å². The summed E-state index contributed by atoms with van der Waals surface area (Å²) in [6.07, 6.45) is 3.88. The molecule has 0 saturated carbocycles. The number of amides is 1. The van der Waals surface area contributed by atoms with Crippen molar-refractivity contribution in [1.29, 1.82) is 5.26 Å². The number of allylic oxidation sites excluding steroid dienone is 1. The summed E-state index contributed by atoms with van der Waals surface area (Å²) in [5.74, 6) is 0.756. The maximum Gasteiger partial charge on any atom is 0.262 e. The molecule has 0 atom stereocenters. The minimum atomic E-state index is -0.406. The number of hydrogen-bond donors (Lipinski definition) is 1. The molecule has 2 aromatic rings. The van der Waals surface area contributed by atoms with Gasteiger partial charge in [-0.25, -0.2) is 0 Å². The molecule has 1 N–H and O–H groups in total. The zero-order valence-corrected chi connectivity index (χ0v) is 18.0. The average Bonchev–Trinajstić information content (AvgIpc) is 2.71. The maximum atomic E-state index is 12.2. The van der Waals surface area contributed by atoms with E-state index >= 15 is 0 Å². The van der Waals surface area contributed by atoms with E-state index in [0.717, 1.165) is 11.1 Å². The summed E-state index contributed by atoms with van der Waals surface area (Å²) in [5.41, 5.74) is 3.82. The van der Waals surface area contributed by atoms with Gasteiger partial charge < -0.3 is 14.8 Å². The number of nitrogens with one attached hydrogen (secondary N) is 1. The third-order valence-electron chi connectivity index (χ3n) is 4.34. The molecule has 0 aliphatic rings. The molecule has 0 heterocycles. The normalized spacial score (nSPS) is 11.0. The Morgan fingerprint density at radius 3 is 2.53 bits per heavy atom. The molecular formula is C25H28N2O3. The molecule has 2 aromatic carbocycles. The van der Waals surface area contributed by atoms with Crippen LogP contribution in [0.4, 0.5) is 0 Å². The van der Waals surface area contributed by atoms with Gasteiger partial charge in [0.25, 0.3) is 5.91 Å². The fourth-order valence-corrected chi connectivity index (χ4v) is 2.88. The topological polar surface area (TPSA) is 71.4 Å². The molecule has 0 aliphatic heterocycles. The number of benzene rings is 2. The van der Waals surface area contributed by atoms with Crippen LogP contribution >= 0.6 is 0 Å². The Balaban J connectivity index is 2.38. The van der Waals surface area contributed by atoms with Crippen molar-refractivity contribution in [3.8, 4) is 17.6 Å². The molecule has 0 saturated heterocycles. The highest BCUT2D eigenvalue weighted by atomic mass is 16.5. The molecule has 156 valence electrons. The van der Waals surface area contributed by atoms with E-state index in [4.69, 9.17) is 9.47 Å². The predicted octanol–water partition coefficient (Wildman–Crippen LogP) is 4.74. The average molecular weight is 405 g/mol. The Labute approximate surface area is 178 Å². The number of rotatable bonds is 9. The van der Waals surface area contributed by atoms with Crippen molar-refractivity contribution in [1.82, 2.24) is 5.32 Å². The van der Waals surface area contributed by atoms with Gasteiger partial charge in [-0.05, 0) is 56.5 Å². The molecular weight excluding hydrogens is 376 g/mol. The SMILES string of the molecule is C=CCc1cc(/C=C(/C#N)C(=O)NC(C)C)cc(OC)c1OCc1ccc(C)cc1. The van der Waals surface area contributed by atoms with Gasteiger partial charge in [0.05, 0.1) is 7.11 Å². The Hall–Kier alpha value is -3.52. The highest BCUT2D eigenvalue weighted by molar-refractivity contribution is 6.01. The van der Waals surface area contributed by atoms with Crippen LogP contribution in [0.1, 0.15) is 36.1 Å². The highest BCUT2D eigenvalue weighted by Crippen LogP contribution is 2.35. The number of methoxy groups -OCH3 is 1. The second-order valence-electron chi connectivity index (χ2n) is 7.28. The monoisotopic (exact) mass is 404 g/mol. The molecule has 0 radical (unpaired) electrons. The first-order valence-electron chi connectivity index (χ1n) is 9.80. The summed E-state index contributed by atoms with van der Waals surface area (Å²) < 4.78 is 11.6. The van der Waals surface area contributed by atoms with Gasteiger partial charge in [-0.3, -0.25) is 4.79 Å². The van der Waals surface area contributed by atoms with Gasteiger partial charge in [0.2, 0.25) is 0 Å². The van der Waals surface area contributed by atoms with Crippen LogP contribution in [0.2, 0.25) is 0 Å². The molecule has 2 rings (SSSR count). The quantitative estimate of drug-likeness (QED) is 0.372. The molecule has 0 aromatic heterocycles. The van der Waals surface area contributed by atoms with Crippen molar-refractivity contribution in [3.05, 3.63) is 76.9 Å². The number of aryl methyl sites for hydroxylation is 1. The Morgan fingerprint density at radius 1 is 1.27 bits per heavy atom. The molecule has 30 heavy (non-hydrogen) atoms. The molecule has 0 unspecified atom stereocenters. The number of ether oxygens (including phenoxy) is 2. The van der Waals surface area contributed by atoms with Gasteiger partial charge >= 0.3 is 0 Å². The third kappa shape index (κ3) is 6.25. The predicted molar refractivity (Wildman–Crippen MR) is 119 cm³/mol. The molecule has 5 nitrogen and oxygen atoms in total. The van der Waals surface area contributed by atoms with Crippen LogP contribution in [0.5, 0.6) is 11.5 Å². The van der Waals surface area contributed by atoms with Gasteiger partial charge in [-0.15, -0.1) is 6.58 Å². The lowest BCUT2D eigenvalue weighted by Gasteiger charge is -2.16. The second-order valence-corrected chi connectivity index (χ2v) is 7.28. The number of nitriles is 1. The number of hydrogen-bond acceptors (Lipinski definition) is 4. The van der Waals surface area contributed by atoms with Crippen molar-refractivity contribution in [2.24, 2.45) is 0 Å². The van der Waals surface area contributed by atoms with E-state index in [2.05, 4.69) is 11.9 Å². The first-order valence-corrected chi connectivity index (χ1v) is 9.80.